The molecule has 0 aliphatic carbocycles. The molecule has 3 heterocycles. The SMILES string of the molecule is COc1cc2cc(c1Cl)N(C)C(=O)CC(OC(=O)CCCCCNC(=O)c1ccc(N)c(N)c1)C1(C)OC1C(C)C1CC(O)(NC(=O)O1)C(OC)C=CC=C(C)C2. The second-order valence-electron chi connectivity index (χ2n) is 15.2. The normalized spacial score (nSPS) is 27.7. The molecule has 57 heavy (non-hydrogen) atoms. The van der Waals surface area contributed by atoms with Crippen molar-refractivity contribution in [3.63, 3.8) is 0 Å². The third-order valence-corrected chi connectivity index (χ3v) is 11.3. The highest BCUT2D eigenvalue weighted by Crippen LogP contribution is 2.49. The number of anilines is 3. The molecule has 16 heteroatoms. The number of methoxy groups -OCH3 is 2. The first-order chi connectivity index (χ1) is 27.0. The number of hydrogen-bond acceptors (Lipinski definition) is 12. The molecule has 4 bridgehead atoms. The van der Waals surface area contributed by atoms with Crippen LogP contribution in [-0.4, -0.2) is 92.5 Å². The van der Waals surface area contributed by atoms with Gasteiger partial charge in [-0.3, -0.25) is 19.7 Å². The number of carbonyl (C=O) groups excluding carboxylic acids is 4. The average molecular weight is 812 g/mol. The van der Waals surface area contributed by atoms with E-state index in [0.717, 1.165) is 11.1 Å². The van der Waals surface area contributed by atoms with Gasteiger partial charge in [0.15, 0.2) is 5.72 Å². The van der Waals surface area contributed by atoms with Gasteiger partial charge in [0, 0.05) is 45.0 Å². The minimum absolute atomic E-state index is 0.0356. The molecule has 2 aromatic carbocycles. The van der Waals surface area contributed by atoms with Crippen LogP contribution in [0.25, 0.3) is 0 Å². The average Bonchev–Trinajstić information content (AvgIpc) is 3.86. The van der Waals surface area contributed by atoms with Gasteiger partial charge >= 0.3 is 12.1 Å². The molecule has 0 aromatic heterocycles. The van der Waals surface area contributed by atoms with Crippen molar-refractivity contribution >= 4 is 52.5 Å². The van der Waals surface area contributed by atoms with Gasteiger partial charge in [0.05, 0.1) is 36.7 Å². The number of nitrogens with two attached hydrogens (primary N) is 2. The molecule has 0 spiro atoms. The molecule has 7 N–H and O–H groups in total. The molecule has 2 saturated heterocycles. The molecular weight excluding hydrogens is 758 g/mol. The zero-order valence-electron chi connectivity index (χ0n) is 33.3. The summed E-state index contributed by atoms with van der Waals surface area (Å²) in [5.41, 5.74) is 11.9. The summed E-state index contributed by atoms with van der Waals surface area (Å²) in [6, 6.07) is 8.30. The highest BCUT2D eigenvalue weighted by atomic mass is 35.5. The molecule has 7 unspecified atom stereocenters. The van der Waals surface area contributed by atoms with Crippen LogP contribution < -0.4 is 31.7 Å². The molecule has 5 rings (SSSR count). The van der Waals surface area contributed by atoms with Crippen LogP contribution in [0, 0.1) is 5.92 Å². The molecule has 3 aliphatic rings. The van der Waals surface area contributed by atoms with E-state index in [4.69, 9.17) is 46.8 Å². The van der Waals surface area contributed by atoms with Crippen LogP contribution in [0.1, 0.15) is 75.2 Å². The van der Waals surface area contributed by atoms with E-state index in [9.17, 15) is 24.3 Å². The largest absolute Gasteiger partial charge is 0.495 e. The topological polar surface area (TPSA) is 217 Å². The number of benzene rings is 2. The number of fused-ring (bicyclic) bond motifs is 5. The number of nitrogens with zero attached hydrogens (tertiary/aromatic N) is 1. The van der Waals surface area contributed by atoms with Crippen molar-refractivity contribution in [1.29, 1.82) is 0 Å². The Morgan fingerprint density at radius 2 is 1.88 bits per heavy atom. The summed E-state index contributed by atoms with van der Waals surface area (Å²) < 4.78 is 29.2. The molecule has 3 amide bonds. The molecule has 310 valence electrons. The van der Waals surface area contributed by atoms with Crippen LogP contribution in [-0.2, 0) is 35.0 Å². The summed E-state index contributed by atoms with van der Waals surface area (Å²) in [5, 5.41) is 17.3. The van der Waals surface area contributed by atoms with Crippen molar-refractivity contribution in [2.75, 3.05) is 44.2 Å². The maximum absolute atomic E-state index is 14.1. The van der Waals surface area contributed by atoms with E-state index in [2.05, 4.69) is 10.6 Å². The number of halogens is 1. The van der Waals surface area contributed by atoms with Gasteiger partial charge in [-0.05, 0) is 69.0 Å². The first kappa shape index (κ1) is 43.3. The third-order valence-electron chi connectivity index (χ3n) is 10.9. The lowest BCUT2D eigenvalue weighted by molar-refractivity contribution is -0.154. The number of carbonyl (C=O) groups is 4. The van der Waals surface area contributed by atoms with Crippen LogP contribution in [0.5, 0.6) is 5.75 Å². The fraction of sp³-hybridized carbons (Fsp3) is 0.512. The van der Waals surface area contributed by atoms with Gasteiger partial charge in [0.25, 0.3) is 5.91 Å². The Kier molecular flexibility index (Phi) is 13.8. The smallest absolute Gasteiger partial charge is 0.409 e. The van der Waals surface area contributed by atoms with Crippen molar-refractivity contribution in [3.05, 3.63) is 70.3 Å². The van der Waals surface area contributed by atoms with Crippen LogP contribution in [0.15, 0.2) is 54.1 Å². The predicted molar refractivity (Wildman–Crippen MR) is 215 cm³/mol. The van der Waals surface area contributed by atoms with Crippen LogP contribution in [0.4, 0.5) is 21.9 Å². The number of amides is 3. The van der Waals surface area contributed by atoms with Crippen LogP contribution in [0.3, 0.4) is 0 Å². The Bertz CT molecular complexity index is 1910. The number of esters is 1. The fourth-order valence-corrected chi connectivity index (χ4v) is 7.73. The molecule has 15 nitrogen and oxygen atoms in total. The standard InChI is InChI=1S/C41H54ClN5O10/c1-23-11-10-12-32(54-6)41(52)22-31(55-39(51)46-41)24(2)37-40(3,57-37)33(21-34(48)47(4)29-18-25(17-23)19-30(53-5)36(29)42)56-35(49)13-8-7-9-16-45-38(50)26-14-15-27(43)28(44)20-26/h10-12,14-15,18-20,24,31-33,37,52H,7-9,13,16-17,21-22,43-44H2,1-6H3,(H,45,50)(H,46,51). The number of unbranched alkanes of at least 4 members (excludes halogenated alkanes) is 2. The lowest BCUT2D eigenvalue weighted by Gasteiger charge is -2.42. The van der Waals surface area contributed by atoms with E-state index in [0.29, 0.717) is 60.6 Å². The van der Waals surface area contributed by atoms with Gasteiger partial charge in [-0.25, -0.2) is 4.79 Å². The minimum atomic E-state index is -1.81. The van der Waals surface area contributed by atoms with Gasteiger partial charge < -0.3 is 50.5 Å². The monoisotopic (exact) mass is 811 g/mol. The van der Waals surface area contributed by atoms with Crippen molar-refractivity contribution in [1.82, 2.24) is 10.6 Å². The van der Waals surface area contributed by atoms with Gasteiger partial charge in [0.1, 0.15) is 34.7 Å². The molecule has 2 fully saturated rings. The molecule has 3 aliphatic heterocycles. The van der Waals surface area contributed by atoms with E-state index in [1.165, 1.54) is 25.2 Å². The predicted octanol–water partition coefficient (Wildman–Crippen LogP) is 4.82. The van der Waals surface area contributed by atoms with Crippen molar-refractivity contribution in [2.45, 2.75) is 101 Å². The van der Waals surface area contributed by atoms with Crippen LogP contribution in [0.2, 0.25) is 5.02 Å². The Morgan fingerprint density at radius 3 is 2.58 bits per heavy atom. The number of hydrogen-bond donors (Lipinski definition) is 5. The third kappa shape index (κ3) is 10.2. The minimum Gasteiger partial charge on any atom is -0.495 e. The lowest BCUT2D eigenvalue weighted by Crippen LogP contribution is -2.63. The molecule has 7 atom stereocenters. The van der Waals surface area contributed by atoms with Gasteiger partial charge in [-0.15, -0.1) is 0 Å². The van der Waals surface area contributed by atoms with Crippen molar-refractivity contribution in [2.24, 2.45) is 5.92 Å². The van der Waals surface area contributed by atoms with Gasteiger partial charge in [0.2, 0.25) is 5.91 Å². The number of alkyl carbamates (subject to hydrolysis) is 1. The van der Waals surface area contributed by atoms with E-state index in [1.807, 2.05) is 26.0 Å². The highest BCUT2D eigenvalue weighted by molar-refractivity contribution is 6.35. The zero-order valence-corrected chi connectivity index (χ0v) is 34.0. The van der Waals surface area contributed by atoms with Crippen LogP contribution >= 0.6 is 11.6 Å². The quantitative estimate of drug-likeness (QED) is 0.0945. The number of rotatable bonds is 10. The maximum atomic E-state index is 14.1. The number of aliphatic hydroxyl groups is 1. The molecular formula is C41H54ClN5O10. The maximum Gasteiger partial charge on any atom is 0.409 e. The Hall–Kier alpha value is -4.83. The van der Waals surface area contributed by atoms with Gasteiger partial charge in [-0.2, -0.15) is 0 Å². The molecule has 0 radical (unpaired) electrons. The number of nitrogens with one attached hydrogen (secondary N) is 2. The summed E-state index contributed by atoms with van der Waals surface area (Å²) >= 11 is 6.76. The van der Waals surface area contributed by atoms with Crippen molar-refractivity contribution in [3.8, 4) is 5.75 Å². The second-order valence-corrected chi connectivity index (χ2v) is 15.6. The number of epoxide rings is 1. The van der Waals surface area contributed by atoms with Crippen molar-refractivity contribution < 1.29 is 48.0 Å². The fourth-order valence-electron chi connectivity index (χ4n) is 7.41. The summed E-state index contributed by atoms with van der Waals surface area (Å²) in [6.07, 6.45) is 2.97. The van der Waals surface area contributed by atoms with E-state index >= 15 is 0 Å². The summed E-state index contributed by atoms with van der Waals surface area (Å²) in [5.74, 6) is -1.32. The summed E-state index contributed by atoms with van der Waals surface area (Å²) in [7, 11) is 4.52. The number of nitrogen functional groups attached to an aromatic ring is 2. The Morgan fingerprint density at radius 1 is 1.12 bits per heavy atom. The lowest BCUT2D eigenvalue weighted by atomic mass is 9.83. The number of allylic oxidation sites excluding steroid dienone is 3. The summed E-state index contributed by atoms with van der Waals surface area (Å²) in [4.78, 5) is 54.3. The zero-order chi connectivity index (χ0) is 41.7. The second kappa shape index (κ2) is 18.2. The number of ether oxygens (including phenoxy) is 5. The first-order valence-electron chi connectivity index (χ1n) is 19.0. The highest BCUT2D eigenvalue weighted by Gasteiger charge is 2.64. The Balaban J connectivity index is 1.35. The first-order valence-corrected chi connectivity index (χ1v) is 19.4. The van der Waals surface area contributed by atoms with E-state index < -0.39 is 59.6 Å². The summed E-state index contributed by atoms with van der Waals surface area (Å²) in [6.45, 7) is 5.88. The van der Waals surface area contributed by atoms with Gasteiger partial charge in [-0.1, -0.05) is 48.7 Å². The van der Waals surface area contributed by atoms with E-state index in [1.54, 1.807) is 44.3 Å². The molecule has 2 aromatic rings. The molecule has 0 saturated carbocycles. The Labute approximate surface area is 338 Å². The van der Waals surface area contributed by atoms with E-state index in [-0.39, 0.29) is 30.2 Å².